The van der Waals surface area contributed by atoms with Gasteiger partial charge in [-0.05, 0) is 27.7 Å². The molecule has 0 saturated carbocycles. The molecule has 0 saturated heterocycles. The summed E-state index contributed by atoms with van der Waals surface area (Å²) in [6, 6.07) is 0. The summed E-state index contributed by atoms with van der Waals surface area (Å²) in [6.07, 6.45) is 0.130. The Kier molecular flexibility index (Phi) is 6.34. The Balaban J connectivity index is 2.55. The summed E-state index contributed by atoms with van der Waals surface area (Å²) in [6.45, 7) is 12.1. The second kappa shape index (κ2) is 7.77. The molecule has 0 aliphatic carbocycles. The Morgan fingerprint density at radius 2 is 2.00 bits per heavy atom. The van der Waals surface area contributed by atoms with Crippen molar-refractivity contribution in [2.45, 2.75) is 34.1 Å². The molecule has 0 N–H and O–H groups in total. The number of rotatable bonds is 7. The molecule has 0 radical (unpaired) electrons. The van der Waals surface area contributed by atoms with E-state index in [1.54, 1.807) is 9.58 Å². The lowest BCUT2D eigenvalue weighted by Crippen LogP contribution is -2.35. The van der Waals surface area contributed by atoms with E-state index in [-0.39, 0.29) is 18.9 Å². The van der Waals surface area contributed by atoms with Crippen LogP contribution in [0.1, 0.15) is 30.8 Å². The lowest BCUT2D eigenvalue weighted by atomic mass is 10.1. The molecule has 1 heterocycles. The van der Waals surface area contributed by atoms with Crippen LogP contribution in [0.3, 0.4) is 0 Å². The zero-order valence-electron chi connectivity index (χ0n) is 14.1. The molecule has 0 fully saturated rings. The van der Waals surface area contributed by atoms with Crippen molar-refractivity contribution in [3.8, 4) is 0 Å². The number of ether oxygens (including phenoxy) is 1. The van der Waals surface area contributed by atoms with Crippen molar-refractivity contribution >= 4 is 11.9 Å². The molecule has 6 nitrogen and oxygen atoms in total. The van der Waals surface area contributed by atoms with Gasteiger partial charge >= 0.3 is 5.97 Å². The normalized spacial score (nSPS) is 10.4. The Hall–Kier alpha value is -2.11. The average Bonchev–Trinajstić information content (AvgIpc) is 2.68. The first-order valence-corrected chi connectivity index (χ1v) is 7.33. The standard InChI is InChI=1S/C16H25N3O3/c1-7-19(9-11(2)3)15(20)10-22-16(21)8-14-12(4)17-18(6)13(14)5/h2,7-10H2,1,3-6H3. The molecule has 1 aromatic rings. The second-order valence-corrected chi connectivity index (χ2v) is 5.48. The third kappa shape index (κ3) is 4.72. The molecule has 122 valence electrons. The van der Waals surface area contributed by atoms with Gasteiger partial charge in [-0.1, -0.05) is 12.2 Å². The van der Waals surface area contributed by atoms with Crippen LogP contribution < -0.4 is 0 Å². The van der Waals surface area contributed by atoms with E-state index in [4.69, 9.17) is 4.74 Å². The molecule has 0 spiro atoms. The minimum Gasteiger partial charge on any atom is -0.455 e. The van der Waals surface area contributed by atoms with Crippen LogP contribution in [0.4, 0.5) is 0 Å². The Labute approximate surface area is 131 Å². The fourth-order valence-corrected chi connectivity index (χ4v) is 2.20. The zero-order valence-corrected chi connectivity index (χ0v) is 14.1. The first-order chi connectivity index (χ1) is 10.3. The topological polar surface area (TPSA) is 64.4 Å². The van der Waals surface area contributed by atoms with E-state index in [0.717, 1.165) is 22.5 Å². The van der Waals surface area contributed by atoms with Crippen molar-refractivity contribution < 1.29 is 14.3 Å². The average molecular weight is 307 g/mol. The van der Waals surface area contributed by atoms with Gasteiger partial charge in [0.25, 0.3) is 5.91 Å². The van der Waals surface area contributed by atoms with E-state index in [2.05, 4.69) is 11.7 Å². The molecule has 1 aromatic heterocycles. The van der Waals surface area contributed by atoms with Crippen LogP contribution in [-0.2, 0) is 27.8 Å². The zero-order chi connectivity index (χ0) is 16.9. The molecule has 1 amide bonds. The van der Waals surface area contributed by atoms with Gasteiger partial charge in [0.1, 0.15) is 0 Å². The highest BCUT2D eigenvalue weighted by molar-refractivity contribution is 5.81. The molecule has 0 unspecified atom stereocenters. The lowest BCUT2D eigenvalue weighted by molar-refractivity contribution is -0.151. The first-order valence-electron chi connectivity index (χ1n) is 7.33. The van der Waals surface area contributed by atoms with E-state index in [1.807, 2.05) is 34.7 Å². The lowest BCUT2D eigenvalue weighted by Gasteiger charge is -2.20. The quantitative estimate of drug-likeness (QED) is 0.566. The highest BCUT2D eigenvalue weighted by atomic mass is 16.5. The van der Waals surface area contributed by atoms with Crippen molar-refractivity contribution in [2.75, 3.05) is 19.7 Å². The van der Waals surface area contributed by atoms with E-state index in [9.17, 15) is 9.59 Å². The summed E-state index contributed by atoms with van der Waals surface area (Å²) in [4.78, 5) is 25.5. The molecular weight excluding hydrogens is 282 g/mol. The first kappa shape index (κ1) is 17.9. The smallest absolute Gasteiger partial charge is 0.310 e. The van der Waals surface area contributed by atoms with Gasteiger partial charge in [0.15, 0.2) is 6.61 Å². The summed E-state index contributed by atoms with van der Waals surface area (Å²) < 4.78 is 6.83. The Bertz CT molecular complexity index is 575. The van der Waals surface area contributed by atoms with Crippen molar-refractivity contribution in [2.24, 2.45) is 7.05 Å². The fraction of sp³-hybridized carbons (Fsp3) is 0.562. The monoisotopic (exact) mass is 307 g/mol. The van der Waals surface area contributed by atoms with Crippen LogP contribution in [0.15, 0.2) is 12.2 Å². The van der Waals surface area contributed by atoms with Crippen LogP contribution in [0.2, 0.25) is 0 Å². The predicted octanol–water partition coefficient (Wildman–Crippen LogP) is 1.55. The Morgan fingerprint density at radius 1 is 1.36 bits per heavy atom. The van der Waals surface area contributed by atoms with Crippen molar-refractivity contribution in [1.82, 2.24) is 14.7 Å². The van der Waals surface area contributed by atoms with Gasteiger partial charge in [0.05, 0.1) is 12.1 Å². The van der Waals surface area contributed by atoms with Gasteiger partial charge in [0.2, 0.25) is 0 Å². The molecule has 0 aromatic carbocycles. The summed E-state index contributed by atoms with van der Waals surface area (Å²) in [5.74, 6) is -0.627. The molecule has 0 atom stereocenters. The van der Waals surface area contributed by atoms with Gasteiger partial charge in [-0.3, -0.25) is 14.3 Å². The van der Waals surface area contributed by atoms with Gasteiger partial charge in [0, 0.05) is 31.4 Å². The predicted molar refractivity (Wildman–Crippen MR) is 84.4 cm³/mol. The molecule has 0 aliphatic heterocycles. The number of hydrogen-bond donors (Lipinski definition) is 0. The van der Waals surface area contributed by atoms with Crippen LogP contribution in [-0.4, -0.2) is 46.3 Å². The number of carbonyl (C=O) groups is 2. The molecular formula is C16H25N3O3. The number of aromatic nitrogens is 2. The summed E-state index contributed by atoms with van der Waals surface area (Å²) in [7, 11) is 1.83. The number of likely N-dealkylation sites (N-methyl/N-ethyl adjacent to an activating group) is 1. The summed E-state index contributed by atoms with van der Waals surface area (Å²) in [5, 5.41) is 4.26. The number of amides is 1. The van der Waals surface area contributed by atoms with Gasteiger partial charge in [-0.25, -0.2) is 0 Å². The second-order valence-electron chi connectivity index (χ2n) is 5.48. The van der Waals surface area contributed by atoms with Crippen LogP contribution >= 0.6 is 0 Å². The number of nitrogens with zero attached hydrogens (tertiary/aromatic N) is 3. The maximum absolute atomic E-state index is 12.0. The van der Waals surface area contributed by atoms with E-state index in [1.165, 1.54) is 0 Å². The van der Waals surface area contributed by atoms with Crippen LogP contribution in [0.25, 0.3) is 0 Å². The number of carbonyl (C=O) groups excluding carboxylic acids is 2. The van der Waals surface area contributed by atoms with Crippen LogP contribution in [0, 0.1) is 13.8 Å². The molecule has 6 heteroatoms. The SMILES string of the molecule is C=C(C)CN(CC)C(=O)COC(=O)Cc1c(C)nn(C)c1C. The molecule has 0 aliphatic rings. The van der Waals surface area contributed by atoms with E-state index in [0.29, 0.717) is 13.1 Å². The highest BCUT2D eigenvalue weighted by Gasteiger charge is 2.17. The maximum atomic E-state index is 12.0. The van der Waals surface area contributed by atoms with Gasteiger partial charge < -0.3 is 9.64 Å². The minimum atomic E-state index is -0.418. The number of aryl methyl sites for hydroxylation is 2. The van der Waals surface area contributed by atoms with Crippen molar-refractivity contribution in [3.05, 3.63) is 29.1 Å². The molecule has 0 bridgehead atoms. The molecule has 1 rings (SSSR count). The van der Waals surface area contributed by atoms with Gasteiger partial charge in [-0.2, -0.15) is 5.10 Å². The highest BCUT2D eigenvalue weighted by Crippen LogP contribution is 2.13. The Morgan fingerprint density at radius 3 is 2.45 bits per heavy atom. The minimum absolute atomic E-state index is 0.130. The van der Waals surface area contributed by atoms with E-state index >= 15 is 0 Å². The van der Waals surface area contributed by atoms with E-state index < -0.39 is 5.97 Å². The van der Waals surface area contributed by atoms with Gasteiger partial charge in [-0.15, -0.1) is 0 Å². The summed E-state index contributed by atoms with van der Waals surface area (Å²) in [5.41, 5.74) is 3.48. The fourth-order valence-electron chi connectivity index (χ4n) is 2.20. The number of esters is 1. The maximum Gasteiger partial charge on any atom is 0.310 e. The molecule has 22 heavy (non-hydrogen) atoms. The van der Waals surface area contributed by atoms with Crippen molar-refractivity contribution in [1.29, 1.82) is 0 Å². The third-order valence-corrected chi connectivity index (χ3v) is 3.53. The third-order valence-electron chi connectivity index (χ3n) is 3.53. The van der Waals surface area contributed by atoms with Crippen molar-refractivity contribution in [3.63, 3.8) is 0 Å². The number of hydrogen-bond acceptors (Lipinski definition) is 4. The summed E-state index contributed by atoms with van der Waals surface area (Å²) >= 11 is 0. The van der Waals surface area contributed by atoms with Crippen LogP contribution in [0.5, 0.6) is 0 Å². The largest absolute Gasteiger partial charge is 0.455 e.